The van der Waals surface area contributed by atoms with Gasteiger partial charge in [0.2, 0.25) is 0 Å². The van der Waals surface area contributed by atoms with Crippen LogP contribution in [0.25, 0.3) is 0 Å². The molecule has 0 saturated carbocycles. The minimum absolute atomic E-state index is 0.0152. The third-order valence-corrected chi connectivity index (χ3v) is 12.7. The van der Waals surface area contributed by atoms with E-state index in [0.29, 0.717) is 61.4 Å². The Labute approximate surface area is 386 Å². The number of hydrogen-bond acceptors (Lipinski definition) is 10. The van der Waals surface area contributed by atoms with Crippen LogP contribution < -0.4 is 16.0 Å². The van der Waals surface area contributed by atoms with E-state index in [4.69, 9.17) is 25.0 Å². The van der Waals surface area contributed by atoms with Gasteiger partial charge in [-0.05, 0) is 60.1 Å². The number of Topliss-reactive ketones (excluding diaryl/α,β-unsaturated/α-hetero) is 2. The number of alkyl carbamates (subject to hydrolysis) is 2. The standard InChI is InChI=1S/C54H57N5O7/c1-64-53(62)58-49(47(37-19-5-3-6-20-37)43-25-13-15-27-45(43)55)51(60)41-23-11-9-17-35(41)29-31-39-34-66-40(33-57-39)32-30-36-18-10-12-24-42(36)52(61)50(59-54(63)65-2)48(38-21-7-4-8-22-38)44-26-14-16-28-46(44)56/h3-28,39-40,43-44,47-50,55-57H,29-34H2,1-2H3,(H,58,62)(H,59,63)/t39-,40-,43?,44?,47?,48?,49+,50+/m1/s1. The number of amides is 2. The van der Waals surface area contributed by atoms with E-state index in [0.717, 1.165) is 22.3 Å². The van der Waals surface area contributed by atoms with Gasteiger partial charge in [-0.15, -0.1) is 0 Å². The predicted molar refractivity (Wildman–Crippen MR) is 256 cm³/mol. The maximum atomic E-state index is 14.7. The van der Waals surface area contributed by atoms with Gasteiger partial charge in [0.25, 0.3) is 0 Å². The number of ketones is 2. The third kappa shape index (κ3) is 11.4. The topological polar surface area (TPSA) is 180 Å². The van der Waals surface area contributed by atoms with E-state index < -0.39 is 47.9 Å². The summed E-state index contributed by atoms with van der Waals surface area (Å²) >= 11 is 0. The van der Waals surface area contributed by atoms with Crippen LogP contribution in [0.2, 0.25) is 0 Å². The lowest BCUT2D eigenvalue weighted by Gasteiger charge is -2.33. The van der Waals surface area contributed by atoms with Crippen LogP contribution in [0.4, 0.5) is 9.59 Å². The van der Waals surface area contributed by atoms with Crippen LogP contribution in [-0.4, -0.2) is 86.8 Å². The molecule has 3 aliphatic rings. The monoisotopic (exact) mass is 887 g/mol. The van der Waals surface area contributed by atoms with Crippen molar-refractivity contribution in [1.29, 1.82) is 10.8 Å². The number of hydrogen-bond donors (Lipinski definition) is 5. The summed E-state index contributed by atoms with van der Waals surface area (Å²) in [7, 11) is 2.54. The first-order valence-corrected chi connectivity index (χ1v) is 22.4. The molecule has 2 amide bonds. The zero-order chi connectivity index (χ0) is 46.4. The van der Waals surface area contributed by atoms with Gasteiger partial charge in [-0.1, -0.05) is 146 Å². The van der Waals surface area contributed by atoms with Crippen LogP contribution in [0, 0.1) is 22.7 Å². The SMILES string of the molecule is COC(=O)N[C@H](C(=O)c1ccccc1CC[C@@H]1CO[C@H](CCc2ccccc2C(=O)[C@@H](NC(=O)OC)C(c2ccccc2)C2C=CC=CC2=N)CN1)C(c1ccccc1)C1C=CC=CC1=N. The van der Waals surface area contributed by atoms with E-state index in [1.165, 1.54) is 14.2 Å². The largest absolute Gasteiger partial charge is 0.453 e. The van der Waals surface area contributed by atoms with Gasteiger partial charge in [-0.2, -0.15) is 0 Å². The van der Waals surface area contributed by atoms with Crippen LogP contribution in [0.5, 0.6) is 0 Å². The Morgan fingerprint density at radius 3 is 1.48 bits per heavy atom. The maximum absolute atomic E-state index is 14.7. The van der Waals surface area contributed by atoms with Gasteiger partial charge in [-0.3, -0.25) is 9.59 Å². The van der Waals surface area contributed by atoms with E-state index in [2.05, 4.69) is 16.0 Å². The van der Waals surface area contributed by atoms with E-state index in [-0.39, 0.29) is 23.7 Å². The number of ether oxygens (including phenoxy) is 3. The molecule has 12 nitrogen and oxygen atoms in total. The van der Waals surface area contributed by atoms with Crippen molar-refractivity contribution in [2.24, 2.45) is 11.8 Å². The number of nitrogens with one attached hydrogen (secondary N) is 5. The summed E-state index contributed by atoms with van der Waals surface area (Å²) in [4.78, 5) is 55.2. The highest BCUT2D eigenvalue weighted by atomic mass is 16.5. The van der Waals surface area contributed by atoms with Gasteiger partial charge in [-0.25, -0.2) is 9.59 Å². The summed E-state index contributed by atoms with van der Waals surface area (Å²) in [6.07, 6.45) is 15.4. The number of morpholine rings is 1. The molecular formula is C54H57N5O7. The van der Waals surface area contributed by atoms with Crippen molar-refractivity contribution in [3.8, 4) is 0 Å². The molecule has 1 aliphatic heterocycles. The molecule has 7 rings (SSSR count). The Kier molecular flexibility index (Phi) is 16.2. The quantitative estimate of drug-likeness (QED) is 0.0617. The lowest BCUT2D eigenvalue weighted by Crippen LogP contribution is -2.48. The van der Waals surface area contributed by atoms with Crippen LogP contribution in [-0.2, 0) is 27.1 Å². The minimum atomic E-state index is -1.03. The predicted octanol–water partition coefficient (Wildman–Crippen LogP) is 8.52. The van der Waals surface area contributed by atoms with Gasteiger partial charge < -0.3 is 41.0 Å². The highest BCUT2D eigenvalue weighted by Crippen LogP contribution is 2.36. The van der Waals surface area contributed by atoms with Gasteiger partial charge in [0, 0.05) is 58.8 Å². The van der Waals surface area contributed by atoms with E-state index in [1.54, 1.807) is 36.4 Å². The normalized spacial score (nSPS) is 20.7. The summed E-state index contributed by atoms with van der Waals surface area (Å²) in [5.41, 5.74) is 4.96. The Morgan fingerprint density at radius 1 is 0.621 bits per heavy atom. The molecule has 0 aromatic heterocycles. The summed E-state index contributed by atoms with van der Waals surface area (Å²) < 4.78 is 16.4. The van der Waals surface area contributed by atoms with Crippen molar-refractivity contribution < 1.29 is 33.4 Å². The molecule has 0 spiro atoms. The van der Waals surface area contributed by atoms with Crippen molar-refractivity contribution in [3.05, 3.63) is 191 Å². The van der Waals surface area contributed by atoms with Crippen LogP contribution in [0.1, 0.15) is 67.6 Å². The average molecular weight is 888 g/mol. The van der Waals surface area contributed by atoms with Crippen LogP contribution in [0.15, 0.2) is 158 Å². The van der Waals surface area contributed by atoms with Gasteiger partial charge >= 0.3 is 12.2 Å². The van der Waals surface area contributed by atoms with E-state index in [1.807, 2.05) is 121 Å². The van der Waals surface area contributed by atoms with Crippen molar-refractivity contribution in [1.82, 2.24) is 16.0 Å². The fraction of sp³-hybridized carbons (Fsp3) is 0.296. The first-order chi connectivity index (χ1) is 32.2. The Hall–Kier alpha value is -7.02. The van der Waals surface area contributed by atoms with Crippen molar-refractivity contribution >= 4 is 35.2 Å². The number of methoxy groups -OCH3 is 2. The number of carbonyl (C=O) groups excluding carboxylic acids is 4. The lowest BCUT2D eigenvalue weighted by molar-refractivity contribution is -0.00150. The molecule has 0 radical (unpaired) electrons. The number of carbonyl (C=O) groups is 4. The molecule has 1 heterocycles. The number of benzene rings is 4. The molecular weight excluding hydrogens is 831 g/mol. The van der Waals surface area contributed by atoms with Crippen molar-refractivity contribution in [2.75, 3.05) is 27.4 Å². The molecule has 5 N–H and O–H groups in total. The highest BCUT2D eigenvalue weighted by molar-refractivity contribution is 6.06. The molecule has 4 aromatic rings. The molecule has 1 fully saturated rings. The molecule has 66 heavy (non-hydrogen) atoms. The van der Waals surface area contributed by atoms with Gasteiger partial charge in [0.15, 0.2) is 11.6 Å². The molecule has 0 bridgehead atoms. The second kappa shape index (κ2) is 22.7. The first kappa shape index (κ1) is 47.0. The fourth-order valence-corrected chi connectivity index (χ4v) is 9.29. The summed E-state index contributed by atoms with van der Waals surface area (Å²) in [6, 6.07) is 31.9. The van der Waals surface area contributed by atoms with Gasteiger partial charge in [0.1, 0.15) is 12.1 Å². The minimum Gasteiger partial charge on any atom is -0.453 e. The Balaban J connectivity index is 1.02. The van der Waals surface area contributed by atoms with Crippen LogP contribution in [0.3, 0.4) is 0 Å². The summed E-state index contributed by atoms with van der Waals surface area (Å²) in [6.45, 7) is 1.04. The Bertz CT molecular complexity index is 2320. The second-order valence-corrected chi connectivity index (χ2v) is 16.7. The number of allylic oxidation sites excluding steroid dienone is 8. The van der Waals surface area contributed by atoms with E-state index >= 15 is 0 Å². The first-order valence-electron chi connectivity index (χ1n) is 22.4. The molecule has 8 atom stereocenters. The van der Waals surface area contributed by atoms with Crippen LogP contribution >= 0.6 is 0 Å². The maximum Gasteiger partial charge on any atom is 0.407 e. The molecule has 1 saturated heterocycles. The van der Waals surface area contributed by atoms with Crippen molar-refractivity contribution in [3.63, 3.8) is 0 Å². The van der Waals surface area contributed by atoms with Crippen molar-refractivity contribution in [2.45, 2.75) is 61.7 Å². The molecule has 340 valence electrons. The Morgan fingerprint density at radius 2 is 1.06 bits per heavy atom. The summed E-state index contributed by atoms with van der Waals surface area (Å²) in [5, 5.41) is 26.9. The van der Waals surface area contributed by atoms with Gasteiger partial charge in [0.05, 0.1) is 26.9 Å². The third-order valence-electron chi connectivity index (χ3n) is 12.7. The lowest BCUT2D eigenvalue weighted by atomic mass is 9.74. The molecule has 12 heteroatoms. The second-order valence-electron chi connectivity index (χ2n) is 16.7. The molecule has 2 aliphatic carbocycles. The smallest absolute Gasteiger partial charge is 0.407 e. The molecule has 4 aromatic carbocycles. The zero-order valence-electron chi connectivity index (χ0n) is 37.2. The van der Waals surface area contributed by atoms with E-state index in [9.17, 15) is 19.2 Å². The number of aryl methyl sites for hydroxylation is 2. The number of rotatable bonds is 18. The molecule has 4 unspecified atom stereocenters. The zero-order valence-corrected chi connectivity index (χ0v) is 37.2. The summed E-state index contributed by atoms with van der Waals surface area (Å²) in [5.74, 6) is -2.63. The average Bonchev–Trinajstić information content (AvgIpc) is 3.36. The fourth-order valence-electron chi connectivity index (χ4n) is 9.29. The highest BCUT2D eigenvalue weighted by Gasteiger charge is 2.40.